The van der Waals surface area contributed by atoms with Crippen LogP contribution in [-0.2, 0) is 6.42 Å². The SMILES string of the molecule is CCc1ccc(C(C)Nc2cc(C)cnc2Cl)s1. The van der Waals surface area contributed by atoms with Gasteiger partial charge in [-0.15, -0.1) is 11.3 Å². The lowest BCUT2D eigenvalue weighted by Gasteiger charge is -2.15. The van der Waals surface area contributed by atoms with E-state index in [9.17, 15) is 0 Å². The molecule has 2 aromatic heterocycles. The number of nitrogens with zero attached hydrogens (tertiary/aromatic N) is 1. The van der Waals surface area contributed by atoms with Gasteiger partial charge < -0.3 is 5.32 Å². The number of thiophene rings is 1. The van der Waals surface area contributed by atoms with E-state index in [0.29, 0.717) is 5.15 Å². The summed E-state index contributed by atoms with van der Waals surface area (Å²) in [7, 11) is 0. The van der Waals surface area contributed by atoms with Gasteiger partial charge in [-0.05, 0) is 44.0 Å². The van der Waals surface area contributed by atoms with Gasteiger partial charge >= 0.3 is 0 Å². The molecule has 1 atom stereocenters. The maximum Gasteiger partial charge on any atom is 0.152 e. The smallest absolute Gasteiger partial charge is 0.152 e. The number of anilines is 1. The van der Waals surface area contributed by atoms with Gasteiger partial charge in [-0.1, -0.05) is 18.5 Å². The summed E-state index contributed by atoms with van der Waals surface area (Å²) in [5, 5.41) is 3.95. The number of aryl methyl sites for hydroxylation is 2. The van der Waals surface area contributed by atoms with Crippen LogP contribution >= 0.6 is 22.9 Å². The molecule has 2 aromatic rings. The van der Waals surface area contributed by atoms with Crippen LogP contribution in [0.1, 0.15) is 35.2 Å². The summed E-state index contributed by atoms with van der Waals surface area (Å²) in [6.07, 6.45) is 2.86. The average molecular weight is 281 g/mol. The second-order valence-corrected chi connectivity index (χ2v) is 5.93. The minimum absolute atomic E-state index is 0.247. The molecule has 0 aliphatic carbocycles. The molecule has 2 heterocycles. The zero-order chi connectivity index (χ0) is 13.1. The molecule has 0 fully saturated rings. The molecule has 1 N–H and O–H groups in total. The number of rotatable bonds is 4. The largest absolute Gasteiger partial charge is 0.375 e. The van der Waals surface area contributed by atoms with Gasteiger partial charge in [-0.3, -0.25) is 0 Å². The van der Waals surface area contributed by atoms with E-state index < -0.39 is 0 Å². The summed E-state index contributed by atoms with van der Waals surface area (Å²) in [6.45, 7) is 6.33. The summed E-state index contributed by atoms with van der Waals surface area (Å²) in [4.78, 5) is 6.89. The Morgan fingerprint density at radius 3 is 2.89 bits per heavy atom. The molecule has 0 spiro atoms. The van der Waals surface area contributed by atoms with Crippen molar-refractivity contribution >= 4 is 28.6 Å². The highest BCUT2D eigenvalue weighted by Crippen LogP contribution is 2.29. The van der Waals surface area contributed by atoms with Gasteiger partial charge in [0.1, 0.15) is 0 Å². The Hall–Kier alpha value is -1.06. The molecule has 96 valence electrons. The Labute approximate surface area is 117 Å². The van der Waals surface area contributed by atoms with Crippen LogP contribution in [0.3, 0.4) is 0 Å². The highest BCUT2D eigenvalue weighted by Gasteiger charge is 2.10. The van der Waals surface area contributed by atoms with Crippen LogP contribution in [0.15, 0.2) is 24.4 Å². The predicted octanol–water partition coefficient (Wildman–Crippen LogP) is 4.84. The Morgan fingerprint density at radius 1 is 1.44 bits per heavy atom. The van der Waals surface area contributed by atoms with Gasteiger partial charge in [0.25, 0.3) is 0 Å². The van der Waals surface area contributed by atoms with Gasteiger partial charge in [0.15, 0.2) is 5.15 Å². The average Bonchev–Trinajstić information content (AvgIpc) is 2.82. The van der Waals surface area contributed by atoms with Crippen molar-refractivity contribution in [2.75, 3.05) is 5.32 Å². The van der Waals surface area contributed by atoms with Crippen molar-refractivity contribution in [1.82, 2.24) is 4.98 Å². The molecule has 0 radical (unpaired) electrons. The zero-order valence-electron chi connectivity index (χ0n) is 10.8. The van der Waals surface area contributed by atoms with Crippen LogP contribution in [0, 0.1) is 6.92 Å². The van der Waals surface area contributed by atoms with E-state index in [1.807, 2.05) is 24.3 Å². The van der Waals surface area contributed by atoms with E-state index in [-0.39, 0.29) is 6.04 Å². The molecule has 0 aliphatic heterocycles. The fourth-order valence-corrected chi connectivity index (χ4v) is 2.89. The van der Waals surface area contributed by atoms with Crippen LogP contribution in [0.2, 0.25) is 5.15 Å². The van der Waals surface area contributed by atoms with Crippen LogP contribution in [0.4, 0.5) is 5.69 Å². The maximum atomic E-state index is 6.09. The van der Waals surface area contributed by atoms with Crippen LogP contribution < -0.4 is 5.32 Å². The standard InChI is InChI=1S/C14H17ClN2S/c1-4-11-5-6-13(18-11)10(3)17-12-7-9(2)8-16-14(12)15/h5-8,10,17H,4H2,1-3H3. The molecule has 0 bridgehead atoms. The van der Waals surface area contributed by atoms with Crippen LogP contribution in [0.5, 0.6) is 0 Å². The van der Waals surface area contributed by atoms with Crippen molar-refractivity contribution < 1.29 is 0 Å². The minimum Gasteiger partial charge on any atom is -0.375 e. The number of hydrogen-bond donors (Lipinski definition) is 1. The molecule has 2 rings (SSSR count). The number of hydrogen-bond acceptors (Lipinski definition) is 3. The lowest BCUT2D eigenvalue weighted by Crippen LogP contribution is -2.06. The topological polar surface area (TPSA) is 24.9 Å². The molecule has 4 heteroatoms. The summed E-state index contributed by atoms with van der Waals surface area (Å²) >= 11 is 7.93. The summed E-state index contributed by atoms with van der Waals surface area (Å²) in [5.74, 6) is 0. The second kappa shape index (κ2) is 5.72. The fourth-order valence-electron chi connectivity index (χ4n) is 1.78. The van der Waals surface area contributed by atoms with Gasteiger partial charge in [0.2, 0.25) is 0 Å². The van der Waals surface area contributed by atoms with E-state index in [0.717, 1.165) is 17.7 Å². The Kier molecular flexibility index (Phi) is 4.25. The summed E-state index contributed by atoms with van der Waals surface area (Å²) in [5.41, 5.74) is 2.00. The lowest BCUT2D eigenvalue weighted by atomic mass is 10.2. The van der Waals surface area contributed by atoms with E-state index in [1.165, 1.54) is 9.75 Å². The summed E-state index contributed by atoms with van der Waals surface area (Å²) in [6, 6.07) is 6.64. The first-order valence-electron chi connectivity index (χ1n) is 6.07. The number of pyridine rings is 1. The zero-order valence-corrected chi connectivity index (χ0v) is 12.4. The predicted molar refractivity (Wildman–Crippen MR) is 79.7 cm³/mol. The first-order chi connectivity index (χ1) is 8.60. The van der Waals surface area contributed by atoms with Crippen molar-refractivity contribution in [3.05, 3.63) is 44.9 Å². The fraction of sp³-hybridized carbons (Fsp3) is 0.357. The minimum atomic E-state index is 0.247. The molecule has 1 unspecified atom stereocenters. The normalized spacial score (nSPS) is 12.4. The van der Waals surface area contributed by atoms with E-state index >= 15 is 0 Å². The van der Waals surface area contributed by atoms with E-state index in [2.05, 4.69) is 36.3 Å². The van der Waals surface area contributed by atoms with Crippen molar-refractivity contribution in [1.29, 1.82) is 0 Å². The first-order valence-corrected chi connectivity index (χ1v) is 7.27. The third kappa shape index (κ3) is 3.03. The Bertz CT molecular complexity index is 536. The Morgan fingerprint density at radius 2 is 2.22 bits per heavy atom. The van der Waals surface area contributed by atoms with Crippen LogP contribution in [0.25, 0.3) is 0 Å². The lowest BCUT2D eigenvalue weighted by molar-refractivity contribution is 0.905. The molecular formula is C14H17ClN2S. The second-order valence-electron chi connectivity index (χ2n) is 4.37. The van der Waals surface area contributed by atoms with Gasteiger partial charge in [0.05, 0.1) is 11.7 Å². The summed E-state index contributed by atoms with van der Waals surface area (Å²) < 4.78 is 0. The van der Waals surface area contributed by atoms with Crippen molar-refractivity contribution in [3.63, 3.8) is 0 Å². The van der Waals surface area contributed by atoms with Crippen molar-refractivity contribution in [2.24, 2.45) is 0 Å². The van der Waals surface area contributed by atoms with Crippen molar-refractivity contribution in [2.45, 2.75) is 33.2 Å². The van der Waals surface area contributed by atoms with E-state index in [1.54, 1.807) is 6.20 Å². The number of nitrogens with one attached hydrogen (secondary N) is 1. The number of halogens is 1. The molecule has 0 aromatic carbocycles. The molecule has 0 amide bonds. The van der Waals surface area contributed by atoms with Gasteiger partial charge in [-0.25, -0.2) is 4.98 Å². The Balaban J connectivity index is 2.15. The highest BCUT2D eigenvalue weighted by molar-refractivity contribution is 7.12. The molecule has 0 aliphatic rings. The maximum absolute atomic E-state index is 6.09. The third-order valence-electron chi connectivity index (χ3n) is 2.81. The molecule has 2 nitrogen and oxygen atoms in total. The quantitative estimate of drug-likeness (QED) is 0.811. The molecular weight excluding hydrogens is 264 g/mol. The van der Waals surface area contributed by atoms with Crippen LogP contribution in [-0.4, -0.2) is 4.98 Å². The first kappa shape index (κ1) is 13.4. The molecule has 0 saturated carbocycles. The van der Waals surface area contributed by atoms with Gasteiger partial charge in [-0.2, -0.15) is 0 Å². The van der Waals surface area contributed by atoms with E-state index in [4.69, 9.17) is 11.6 Å². The molecule has 0 saturated heterocycles. The van der Waals surface area contributed by atoms with Crippen molar-refractivity contribution in [3.8, 4) is 0 Å². The number of aromatic nitrogens is 1. The highest BCUT2D eigenvalue weighted by atomic mass is 35.5. The third-order valence-corrected chi connectivity index (χ3v) is 4.52. The monoisotopic (exact) mass is 280 g/mol. The van der Waals surface area contributed by atoms with Gasteiger partial charge in [0, 0.05) is 16.0 Å². The molecule has 18 heavy (non-hydrogen) atoms.